The minimum atomic E-state index is -3.02. The molecule has 2 unspecified atom stereocenters. The second-order valence-corrected chi connectivity index (χ2v) is 5.60. The Morgan fingerprint density at radius 1 is 1.27 bits per heavy atom. The maximum absolute atomic E-state index is 13.7. The van der Waals surface area contributed by atoms with Gasteiger partial charge in [-0.05, 0) is 18.4 Å². The average Bonchev–Trinajstić information content (AvgIpc) is 3.07. The molecular weight excluding hydrogens is 296 g/mol. The topological polar surface area (TPSA) is 66.8 Å². The number of nitrogens with zero attached hydrogens (tertiary/aromatic N) is 1. The lowest BCUT2D eigenvalue weighted by atomic mass is 10.0. The molecule has 2 fully saturated rings. The van der Waals surface area contributed by atoms with Crippen LogP contribution in [0.5, 0.6) is 0 Å². The van der Waals surface area contributed by atoms with Crippen LogP contribution in [-0.4, -0.2) is 40.1 Å². The van der Waals surface area contributed by atoms with Gasteiger partial charge < -0.3 is 9.84 Å². The number of aliphatic carboxylic acids is 1. The van der Waals surface area contributed by atoms with Crippen molar-refractivity contribution in [1.82, 2.24) is 4.90 Å². The van der Waals surface area contributed by atoms with Crippen LogP contribution in [0.2, 0.25) is 0 Å². The Kier molecular flexibility index (Phi) is 3.50. The molecule has 1 saturated carbocycles. The van der Waals surface area contributed by atoms with Crippen LogP contribution in [0.15, 0.2) is 30.3 Å². The van der Waals surface area contributed by atoms with Crippen molar-refractivity contribution in [3.05, 3.63) is 35.9 Å². The molecule has 3 atom stereocenters. The molecule has 118 valence electrons. The van der Waals surface area contributed by atoms with Gasteiger partial charge in [-0.1, -0.05) is 30.3 Å². The van der Waals surface area contributed by atoms with Crippen LogP contribution in [-0.2, 0) is 16.1 Å². The van der Waals surface area contributed by atoms with Gasteiger partial charge in [0.15, 0.2) is 0 Å². The zero-order chi connectivity index (χ0) is 15.9. The van der Waals surface area contributed by atoms with Crippen molar-refractivity contribution in [2.75, 3.05) is 0 Å². The second kappa shape index (κ2) is 5.23. The Hall–Kier alpha value is -2.18. The summed E-state index contributed by atoms with van der Waals surface area (Å²) in [4.78, 5) is 24.1. The summed E-state index contributed by atoms with van der Waals surface area (Å²) in [6, 6.07) is 6.17. The maximum atomic E-state index is 13.7. The highest BCUT2D eigenvalue weighted by molar-refractivity contribution is 5.81. The van der Waals surface area contributed by atoms with E-state index in [9.17, 15) is 18.4 Å². The van der Waals surface area contributed by atoms with Crippen LogP contribution in [0.1, 0.15) is 18.4 Å². The zero-order valence-electron chi connectivity index (χ0n) is 11.6. The molecule has 5 nitrogen and oxygen atoms in total. The Morgan fingerprint density at radius 2 is 1.95 bits per heavy atom. The average molecular weight is 311 g/mol. The van der Waals surface area contributed by atoms with Crippen molar-refractivity contribution >= 4 is 12.1 Å². The lowest BCUT2D eigenvalue weighted by molar-refractivity contribution is -0.144. The van der Waals surface area contributed by atoms with Crippen LogP contribution in [0.3, 0.4) is 0 Å². The third-order valence-corrected chi connectivity index (χ3v) is 4.25. The van der Waals surface area contributed by atoms with Crippen LogP contribution in [0.4, 0.5) is 13.6 Å². The van der Waals surface area contributed by atoms with Crippen molar-refractivity contribution in [1.29, 1.82) is 0 Å². The molecule has 0 aromatic heterocycles. The summed E-state index contributed by atoms with van der Waals surface area (Å²) < 4.78 is 32.4. The normalized spacial score (nSPS) is 28.6. The van der Waals surface area contributed by atoms with Gasteiger partial charge >= 0.3 is 12.1 Å². The molecule has 1 amide bonds. The molecule has 1 N–H and O–H groups in total. The highest BCUT2D eigenvalue weighted by Gasteiger charge is 2.74. The highest BCUT2D eigenvalue weighted by Crippen LogP contribution is 2.58. The smallest absolute Gasteiger partial charge is 0.411 e. The van der Waals surface area contributed by atoms with E-state index in [-0.39, 0.29) is 19.4 Å². The summed E-state index contributed by atoms with van der Waals surface area (Å²) in [6.07, 6.45) is -0.869. The van der Waals surface area contributed by atoms with Crippen LogP contribution < -0.4 is 0 Å². The van der Waals surface area contributed by atoms with Crippen molar-refractivity contribution in [3.63, 3.8) is 0 Å². The fraction of sp³-hybridized carbons (Fsp3) is 0.467. The molecule has 0 bridgehead atoms. The van der Waals surface area contributed by atoms with E-state index in [2.05, 4.69) is 0 Å². The molecule has 1 aliphatic heterocycles. The Balaban J connectivity index is 1.72. The Bertz CT molecular complexity index is 592. The molecule has 1 saturated heterocycles. The largest absolute Gasteiger partial charge is 0.480 e. The zero-order valence-corrected chi connectivity index (χ0v) is 11.6. The van der Waals surface area contributed by atoms with Crippen molar-refractivity contribution in [2.45, 2.75) is 37.5 Å². The van der Waals surface area contributed by atoms with Crippen molar-refractivity contribution in [2.24, 2.45) is 5.92 Å². The van der Waals surface area contributed by atoms with Crippen molar-refractivity contribution in [3.8, 4) is 0 Å². The number of rotatable bonds is 3. The third kappa shape index (κ3) is 2.40. The molecule has 1 aliphatic carbocycles. The van der Waals surface area contributed by atoms with Gasteiger partial charge in [0.1, 0.15) is 18.7 Å². The predicted octanol–water partition coefficient (Wildman–Crippen LogP) is 2.51. The van der Waals surface area contributed by atoms with Crippen molar-refractivity contribution < 1.29 is 28.2 Å². The van der Waals surface area contributed by atoms with Gasteiger partial charge in [-0.25, -0.2) is 18.4 Å². The number of alkyl halides is 2. The number of fused-ring (bicyclic) bond motifs is 1. The minimum absolute atomic E-state index is 0.0204. The Morgan fingerprint density at radius 3 is 2.59 bits per heavy atom. The molecule has 3 rings (SSSR count). The first kappa shape index (κ1) is 14.7. The number of carboxylic acid groups (broad SMARTS) is 1. The van der Waals surface area contributed by atoms with Gasteiger partial charge in [0.2, 0.25) is 0 Å². The minimum Gasteiger partial charge on any atom is -0.480 e. The monoisotopic (exact) mass is 311 g/mol. The number of ether oxygens (including phenoxy) is 1. The van der Waals surface area contributed by atoms with Crippen LogP contribution >= 0.6 is 0 Å². The molecular formula is C15H15F2NO4. The number of likely N-dealkylation sites (tertiary alicyclic amines) is 1. The third-order valence-electron chi connectivity index (χ3n) is 4.25. The number of carbonyl (C=O) groups is 2. The fourth-order valence-corrected chi connectivity index (χ4v) is 3.05. The number of benzene rings is 1. The van der Waals surface area contributed by atoms with E-state index in [4.69, 9.17) is 9.84 Å². The quantitative estimate of drug-likeness (QED) is 0.931. The van der Waals surface area contributed by atoms with Gasteiger partial charge in [0.25, 0.3) is 5.92 Å². The SMILES string of the molecule is O=C(O)[C@H]1CCC2C(N1C(=O)OCc1ccccc1)C2(F)F. The first-order valence-corrected chi connectivity index (χ1v) is 7.02. The van der Waals surface area contributed by atoms with E-state index < -0.39 is 36.0 Å². The van der Waals surface area contributed by atoms with Gasteiger partial charge in [-0.2, -0.15) is 0 Å². The number of carbonyl (C=O) groups excluding carboxylic acids is 1. The summed E-state index contributed by atoms with van der Waals surface area (Å²) in [7, 11) is 0. The summed E-state index contributed by atoms with van der Waals surface area (Å²) in [5, 5.41) is 9.15. The van der Waals surface area contributed by atoms with Gasteiger partial charge in [0, 0.05) is 0 Å². The number of carboxylic acids is 1. The molecule has 2 aliphatic rings. The van der Waals surface area contributed by atoms with E-state index in [1.807, 2.05) is 0 Å². The highest BCUT2D eigenvalue weighted by atomic mass is 19.3. The molecule has 1 heterocycles. The fourth-order valence-electron chi connectivity index (χ4n) is 3.05. The van der Waals surface area contributed by atoms with E-state index in [0.717, 1.165) is 0 Å². The van der Waals surface area contributed by atoms with Crippen LogP contribution in [0.25, 0.3) is 0 Å². The predicted molar refractivity (Wildman–Crippen MR) is 71.3 cm³/mol. The molecule has 0 radical (unpaired) electrons. The number of hydrogen-bond donors (Lipinski definition) is 1. The van der Waals surface area contributed by atoms with Gasteiger partial charge in [-0.3, -0.25) is 4.90 Å². The molecule has 1 aromatic rings. The molecule has 7 heteroatoms. The number of piperidine rings is 1. The summed E-state index contributed by atoms with van der Waals surface area (Å²) in [5.74, 6) is -5.25. The van der Waals surface area contributed by atoms with E-state index >= 15 is 0 Å². The lowest BCUT2D eigenvalue weighted by Crippen LogP contribution is -2.50. The number of halogens is 2. The number of amides is 1. The lowest BCUT2D eigenvalue weighted by Gasteiger charge is -2.30. The van der Waals surface area contributed by atoms with Gasteiger partial charge in [-0.15, -0.1) is 0 Å². The van der Waals surface area contributed by atoms with Crippen LogP contribution in [0, 0.1) is 5.92 Å². The first-order valence-electron chi connectivity index (χ1n) is 7.02. The molecule has 1 aromatic carbocycles. The Labute approximate surface area is 125 Å². The molecule has 22 heavy (non-hydrogen) atoms. The standard InChI is InChI=1S/C15H15F2NO4/c16-15(17)10-6-7-11(13(19)20)18(12(10)15)14(21)22-8-9-4-2-1-3-5-9/h1-5,10-12H,6-8H2,(H,19,20)/t10?,11-,12?/m1/s1. The van der Waals surface area contributed by atoms with E-state index in [1.165, 1.54) is 0 Å². The second-order valence-electron chi connectivity index (χ2n) is 5.60. The molecule has 0 spiro atoms. The number of hydrogen-bond acceptors (Lipinski definition) is 3. The summed E-state index contributed by atoms with van der Waals surface area (Å²) >= 11 is 0. The van der Waals surface area contributed by atoms with Gasteiger partial charge in [0.05, 0.1) is 5.92 Å². The van der Waals surface area contributed by atoms with E-state index in [0.29, 0.717) is 10.5 Å². The van der Waals surface area contributed by atoms with E-state index in [1.54, 1.807) is 30.3 Å². The maximum Gasteiger partial charge on any atom is 0.411 e. The summed E-state index contributed by atoms with van der Waals surface area (Å²) in [5.41, 5.74) is 0.707. The first-order chi connectivity index (χ1) is 10.4. The summed E-state index contributed by atoms with van der Waals surface area (Å²) in [6.45, 7) is -0.0779.